The highest BCUT2D eigenvalue weighted by Crippen LogP contribution is 2.53. The predicted molar refractivity (Wildman–Crippen MR) is 110 cm³/mol. The van der Waals surface area contributed by atoms with Gasteiger partial charge in [0.05, 0.1) is 6.10 Å². The molecule has 3 fully saturated rings. The van der Waals surface area contributed by atoms with Crippen LogP contribution in [0.25, 0.3) is 0 Å². The van der Waals surface area contributed by atoms with E-state index in [1.165, 1.54) is 6.07 Å². The summed E-state index contributed by atoms with van der Waals surface area (Å²) in [6.45, 7) is 3.76. The predicted octanol–water partition coefficient (Wildman–Crippen LogP) is 2.69. The summed E-state index contributed by atoms with van der Waals surface area (Å²) in [5, 5.41) is 13.1. The fourth-order valence-corrected chi connectivity index (χ4v) is 4.71. The van der Waals surface area contributed by atoms with Gasteiger partial charge in [-0.25, -0.2) is 0 Å². The summed E-state index contributed by atoms with van der Waals surface area (Å²) in [5.74, 6) is -0.231. The molecule has 1 saturated carbocycles. The van der Waals surface area contributed by atoms with Gasteiger partial charge in [0, 0.05) is 44.4 Å². The third-order valence-electron chi connectivity index (χ3n) is 6.83. The first kappa shape index (κ1) is 22.2. The third-order valence-corrected chi connectivity index (χ3v) is 6.83. The number of carbonyl (C=O) groups excluding carboxylic acids is 1. The highest BCUT2D eigenvalue weighted by Gasteiger charge is 2.51. The van der Waals surface area contributed by atoms with Gasteiger partial charge in [-0.05, 0) is 62.2 Å². The highest BCUT2D eigenvalue weighted by molar-refractivity contribution is 5.77. The molecule has 0 radical (unpaired) electrons. The molecule has 31 heavy (non-hydrogen) atoms. The highest BCUT2D eigenvalue weighted by atomic mass is 19.4. The van der Waals surface area contributed by atoms with E-state index in [0.717, 1.165) is 32.4 Å². The van der Waals surface area contributed by atoms with E-state index in [-0.39, 0.29) is 23.2 Å². The number of alkyl halides is 3. The molecule has 0 unspecified atom stereocenters. The molecule has 2 N–H and O–H groups in total. The molecule has 2 aliphatic heterocycles. The van der Waals surface area contributed by atoms with Gasteiger partial charge < -0.3 is 25.0 Å². The molecule has 6 nitrogen and oxygen atoms in total. The second-order valence-corrected chi connectivity index (χ2v) is 8.96. The molecule has 3 aliphatic rings. The molecule has 0 aromatic heterocycles. The number of halogens is 3. The van der Waals surface area contributed by atoms with Crippen LogP contribution in [0.5, 0.6) is 5.75 Å². The van der Waals surface area contributed by atoms with Crippen LogP contribution in [0, 0.1) is 5.41 Å². The summed E-state index contributed by atoms with van der Waals surface area (Å²) in [4.78, 5) is 15.6. The Balaban J connectivity index is 1.39. The Morgan fingerprint density at radius 3 is 2.71 bits per heavy atom. The number of β-amino-alcohol motifs (C(OH)–C–C–N with tert-alkyl or cyclic N) is 1. The van der Waals surface area contributed by atoms with Crippen LogP contribution in [0.3, 0.4) is 0 Å². The molecular weight excluding hydrogens is 411 g/mol. The Hall–Kier alpha value is -2.00. The SMILES string of the molecule is O=C1CCN(c2ccc(CCCN3CCC4(CC4)[C@H](O)C3)c(OC(F)(F)F)c2)CCN1. The van der Waals surface area contributed by atoms with Crippen LogP contribution in [0.2, 0.25) is 0 Å². The molecule has 4 rings (SSSR count). The summed E-state index contributed by atoms with van der Waals surface area (Å²) in [6.07, 6.45) is -0.391. The lowest BCUT2D eigenvalue weighted by Gasteiger charge is -2.36. The third kappa shape index (κ3) is 5.63. The number of amides is 1. The second-order valence-electron chi connectivity index (χ2n) is 8.96. The van der Waals surface area contributed by atoms with E-state index in [0.29, 0.717) is 56.7 Å². The van der Waals surface area contributed by atoms with E-state index in [9.17, 15) is 23.1 Å². The number of piperidine rings is 1. The number of nitrogens with one attached hydrogen (secondary N) is 1. The van der Waals surface area contributed by atoms with Crippen molar-refractivity contribution in [2.75, 3.05) is 44.2 Å². The van der Waals surface area contributed by atoms with Gasteiger partial charge in [0.25, 0.3) is 0 Å². The van der Waals surface area contributed by atoms with Crippen molar-refractivity contribution in [1.29, 1.82) is 0 Å². The average molecular weight is 441 g/mol. The van der Waals surface area contributed by atoms with Crippen LogP contribution in [0.4, 0.5) is 18.9 Å². The molecule has 2 heterocycles. The summed E-state index contributed by atoms with van der Waals surface area (Å²) in [7, 11) is 0. The van der Waals surface area contributed by atoms with Crippen LogP contribution >= 0.6 is 0 Å². The van der Waals surface area contributed by atoms with Crippen LogP contribution in [-0.4, -0.2) is 67.6 Å². The van der Waals surface area contributed by atoms with Crippen molar-refractivity contribution in [3.63, 3.8) is 0 Å². The standard InChI is InChI=1S/C22H30F3N3O3/c23-22(24,25)31-18-14-17(28-11-5-20(30)26-9-13-28)4-3-16(18)2-1-10-27-12-8-21(6-7-21)19(29)15-27/h3-4,14,19,29H,1-2,5-13,15H2,(H,26,30)/t19-/m1/s1. The zero-order valence-electron chi connectivity index (χ0n) is 17.6. The Morgan fingerprint density at radius 2 is 2.00 bits per heavy atom. The van der Waals surface area contributed by atoms with Crippen LogP contribution in [0.1, 0.15) is 37.7 Å². The average Bonchev–Trinajstić information content (AvgIpc) is 3.50. The number of benzene rings is 1. The molecule has 9 heteroatoms. The van der Waals surface area contributed by atoms with Gasteiger partial charge in [0.1, 0.15) is 5.75 Å². The molecule has 1 aromatic rings. The van der Waals surface area contributed by atoms with Gasteiger partial charge in [0.2, 0.25) is 5.91 Å². The maximum Gasteiger partial charge on any atom is 0.573 e. The normalized spacial score (nSPS) is 24.1. The molecule has 1 aliphatic carbocycles. The summed E-state index contributed by atoms with van der Waals surface area (Å²) in [6, 6.07) is 4.93. The number of nitrogens with zero attached hydrogens (tertiary/aromatic N) is 2. The van der Waals surface area contributed by atoms with E-state index in [1.54, 1.807) is 12.1 Å². The minimum absolute atomic E-state index is 0.0543. The molecule has 1 spiro atoms. The lowest BCUT2D eigenvalue weighted by atomic mass is 9.90. The van der Waals surface area contributed by atoms with Crippen molar-refractivity contribution in [2.45, 2.75) is 51.0 Å². The summed E-state index contributed by atoms with van der Waals surface area (Å²) < 4.78 is 43.4. The minimum Gasteiger partial charge on any atom is -0.405 e. The van der Waals surface area contributed by atoms with Gasteiger partial charge in [-0.3, -0.25) is 4.79 Å². The number of aryl methyl sites for hydroxylation is 1. The number of carbonyl (C=O) groups is 1. The molecule has 1 amide bonds. The Bertz CT molecular complexity index is 798. The lowest BCUT2D eigenvalue weighted by Crippen LogP contribution is -2.45. The number of hydrogen-bond donors (Lipinski definition) is 2. The number of hydrogen-bond acceptors (Lipinski definition) is 5. The van der Waals surface area contributed by atoms with Crippen LogP contribution in [0.15, 0.2) is 18.2 Å². The zero-order valence-corrected chi connectivity index (χ0v) is 17.6. The molecule has 1 atom stereocenters. The van der Waals surface area contributed by atoms with Gasteiger partial charge in [0.15, 0.2) is 0 Å². The van der Waals surface area contributed by atoms with Gasteiger partial charge >= 0.3 is 6.36 Å². The van der Waals surface area contributed by atoms with Crippen LogP contribution < -0.4 is 15.0 Å². The zero-order chi connectivity index (χ0) is 22.1. The smallest absolute Gasteiger partial charge is 0.405 e. The van der Waals surface area contributed by atoms with E-state index < -0.39 is 6.36 Å². The number of likely N-dealkylation sites (tertiary alicyclic amines) is 1. The lowest BCUT2D eigenvalue weighted by molar-refractivity contribution is -0.274. The molecule has 1 aromatic carbocycles. The second kappa shape index (κ2) is 8.86. The first-order valence-electron chi connectivity index (χ1n) is 11.0. The first-order valence-corrected chi connectivity index (χ1v) is 11.0. The van der Waals surface area contributed by atoms with Crippen molar-refractivity contribution in [2.24, 2.45) is 5.41 Å². The summed E-state index contributed by atoms with van der Waals surface area (Å²) in [5.41, 5.74) is 1.28. The Kier molecular flexibility index (Phi) is 6.35. The van der Waals surface area contributed by atoms with Crippen molar-refractivity contribution in [1.82, 2.24) is 10.2 Å². The molecule has 0 bridgehead atoms. The Morgan fingerprint density at radius 1 is 1.19 bits per heavy atom. The van der Waals surface area contributed by atoms with E-state index in [1.807, 2.05) is 4.90 Å². The van der Waals surface area contributed by atoms with E-state index >= 15 is 0 Å². The number of rotatable bonds is 6. The van der Waals surface area contributed by atoms with Gasteiger partial charge in [-0.2, -0.15) is 0 Å². The number of aliphatic hydroxyl groups is 1. The molecule has 172 valence electrons. The molecule has 2 saturated heterocycles. The van der Waals surface area contributed by atoms with Gasteiger partial charge in [-0.15, -0.1) is 13.2 Å². The molecular formula is C22H30F3N3O3. The monoisotopic (exact) mass is 441 g/mol. The summed E-state index contributed by atoms with van der Waals surface area (Å²) >= 11 is 0. The number of aliphatic hydroxyl groups excluding tert-OH is 1. The number of anilines is 1. The fraction of sp³-hybridized carbons (Fsp3) is 0.682. The Labute approximate surface area is 180 Å². The quantitative estimate of drug-likeness (QED) is 0.711. The van der Waals surface area contributed by atoms with Gasteiger partial charge in [-0.1, -0.05) is 6.07 Å². The number of ether oxygens (including phenoxy) is 1. The van der Waals surface area contributed by atoms with Crippen LogP contribution in [-0.2, 0) is 11.2 Å². The van der Waals surface area contributed by atoms with Crippen molar-refractivity contribution < 1.29 is 27.8 Å². The first-order chi connectivity index (χ1) is 14.7. The van der Waals surface area contributed by atoms with Crippen molar-refractivity contribution in [3.05, 3.63) is 23.8 Å². The largest absolute Gasteiger partial charge is 0.573 e. The van der Waals surface area contributed by atoms with E-state index in [4.69, 9.17) is 0 Å². The van der Waals surface area contributed by atoms with Crippen molar-refractivity contribution >= 4 is 11.6 Å². The van der Waals surface area contributed by atoms with E-state index in [2.05, 4.69) is 15.0 Å². The minimum atomic E-state index is -4.76. The maximum absolute atomic E-state index is 13.0. The fourth-order valence-electron chi connectivity index (χ4n) is 4.71. The topological polar surface area (TPSA) is 65.0 Å². The van der Waals surface area contributed by atoms with Crippen molar-refractivity contribution in [3.8, 4) is 5.75 Å². The maximum atomic E-state index is 13.0.